The highest BCUT2D eigenvalue weighted by Gasteiger charge is 2.16. The van der Waals surface area contributed by atoms with Gasteiger partial charge >= 0.3 is 0 Å². The van der Waals surface area contributed by atoms with Crippen LogP contribution in [0.1, 0.15) is 17.0 Å². The van der Waals surface area contributed by atoms with Crippen molar-refractivity contribution in [2.24, 2.45) is 0 Å². The van der Waals surface area contributed by atoms with E-state index in [-0.39, 0.29) is 0 Å². The van der Waals surface area contributed by atoms with Crippen LogP contribution in [0.2, 0.25) is 5.15 Å². The van der Waals surface area contributed by atoms with Crippen molar-refractivity contribution in [3.63, 3.8) is 0 Å². The van der Waals surface area contributed by atoms with Crippen LogP contribution in [0.4, 0.5) is 0 Å². The van der Waals surface area contributed by atoms with Crippen molar-refractivity contribution in [3.8, 4) is 5.82 Å². The summed E-state index contributed by atoms with van der Waals surface area (Å²) in [6.07, 6.45) is 3.21. The number of aromatic nitrogens is 6. The SMILES string of the molecule is Cc1ncn(-c2c(C)c(Cl)nc3ncnn23)c1C. The number of hydrogen-bond acceptors (Lipinski definition) is 4. The molecule has 0 saturated carbocycles. The Morgan fingerprint density at radius 3 is 2.61 bits per heavy atom. The third-order valence-electron chi connectivity index (χ3n) is 3.05. The molecule has 0 aliphatic rings. The molecule has 3 aromatic rings. The predicted octanol–water partition coefficient (Wildman–Crippen LogP) is 1.89. The Morgan fingerprint density at radius 2 is 1.94 bits per heavy atom. The van der Waals surface area contributed by atoms with Crippen molar-refractivity contribution in [1.82, 2.24) is 29.1 Å². The first-order chi connectivity index (χ1) is 8.59. The fourth-order valence-corrected chi connectivity index (χ4v) is 2.04. The molecule has 0 unspecified atom stereocenters. The van der Waals surface area contributed by atoms with Gasteiger partial charge in [-0.3, -0.25) is 4.57 Å². The summed E-state index contributed by atoms with van der Waals surface area (Å²) in [6.45, 7) is 5.86. The summed E-state index contributed by atoms with van der Waals surface area (Å²) in [6, 6.07) is 0. The lowest BCUT2D eigenvalue weighted by molar-refractivity contribution is 0.826. The summed E-state index contributed by atoms with van der Waals surface area (Å²) >= 11 is 6.13. The van der Waals surface area contributed by atoms with E-state index in [0.29, 0.717) is 10.9 Å². The summed E-state index contributed by atoms with van der Waals surface area (Å²) in [5.74, 6) is 1.30. The van der Waals surface area contributed by atoms with Crippen LogP contribution in [0.5, 0.6) is 0 Å². The molecule has 3 rings (SSSR count). The molecule has 0 bridgehead atoms. The van der Waals surface area contributed by atoms with Crippen molar-refractivity contribution >= 4 is 17.4 Å². The monoisotopic (exact) mass is 262 g/mol. The Kier molecular flexibility index (Phi) is 2.34. The highest BCUT2D eigenvalue weighted by molar-refractivity contribution is 6.30. The maximum absolute atomic E-state index is 6.13. The number of fused-ring (bicyclic) bond motifs is 1. The smallest absolute Gasteiger partial charge is 0.255 e. The van der Waals surface area contributed by atoms with E-state index in [1.165, 1.54) is 6.33 Å². The van der Waals surface area contributed by atoms with Crippen LogP contribution in [-0.4, -0.2) is 29.1 Å². The Labute approximate surface area is 108 Å². The number of rotatable bonds is 1. The quantitative estimate of drug-likeness (QED) is 0.629. The minimum atomic E-state index is 0.427. The Morgan fingerprint density at radius 1 is 1.17 bits per heavy atom. The molecule has 0 fully saturated rings. The van der Waals surface area contributed by atoms with Crippen LogP contribution in [0.15, 0.2) is 12.7 Å². The van der Waals surface area contributed by atoms with Crippen LogP contribution < -0.4 is 0 Å². The first-order valence-corrected chi connectivity index (χ1v) is 5.84. The van der Waals surface area contributed by atoms with Gasteiger partial charge in [0.05, 0.1) is 5.69 Å². The van der Waals surface area contributed by atoms with Crippen LogP contribution >= 0.6 is 11.6 Å². The van der Waals surface area contributed by atoms with E-state index in [1.807, 2.05) is 25.3 Å². The van der Waals surface area contributed by atoms with Crippen molar-refractivity contribution in [2.75, 3.05) is 0 Å². The number of hydrogen-bond donors (Lipinski definition) is 0. The number of imidazole rings is 1. The molecule has 7 heteroatoms. The Hall–Kier alpha value is -1.95. The third kappa shape index (κ3) is 1.42. The second-order valence-corrected chi connectivity index (χ2v) is 4.47. The maximum atomic E-state index is 6.13. The first kappa shape index (κ1) is 11.2. The fourth-order valence-electron chi connectivity index (χ4n) is 1.88. The van der Waals surface area contributed by atoms with Gasteiger partial charge in [-0.1, -0.05) is 11.6 Å². The molecular formula is C11H11ClN6. The van der Waals surface area contributed by atoms with Gasteiger partial charge in [0.15, 0.2) is 0 Å². The summed E-state index contributed by atoms with van der Waals surface area (Å²) in [7, 11) is 0. The van der Waals surface area contributed by atoms with E-state index in [0.717, 1.165) is 22.8 Å². The normalized spacial score (nSPS) is 11.3. The molecule has 92 valence electrons. The van der Waals surface area contributed by atoms with E-state index in [4.69, 9.17) is 11.6 Å². The molecule has 0 aromatic carbocycles. The minimum absolute atomic E-state index is 0.427. The Bertz CT molecular complexity index is 741. The van der Waals surface area contributed by atoms with Crippen LogP contribution in [0, 0.1) is 20.8 Å². The molecule has 0 radical (unpaired) electrons. The van der Waals surface area contributed by atoms with Crippen LogP contribution in [-0.2, 0) is 0 Å². The second kappa shape index (κ2) is 3.78. The highest BCUT2D eigenvalue weighted by Crippen LogP contribution is 2.23. The number of nitrogens with zero attached hydrogens (tertiary/aromatic N) is 6. The van der Waals surface area contributed by atoms with Crippen molar-refractivity contribution in [1.29, 1.82) is 0 Å². The average molecular weight is 263 g/mol. The summed E-state index contributed by atoms with van der Waals surface area (Å²) in [5, 5.41) is 4.61. The van der Waals surface area contributed by atoms with Crippen molar-refractivity contribution in [3.05, 3.63) is 34.8 Å². The molecule has 0 aliphatic carbocycles. The summed E-state index contributed by atoms with van der Waals surface area (Å²) < 4.78 is 3.61. The van der Waals surface area contributed by atoms with Crippen LogP contribution in [0.3, 0.4) is 0 Å². The lowest BCUT2D eigenvalue weighted by atomic mass is 10.3. The zero-order chi connectivity index (χ0) is 12.9. The fraction of sp³-hybridized carbons (Fsp3) is 0.273. The molecule has 0 aliphatic heterocycles. The standard InChI is InChI=1S/C11H11ClN6/c1-6-9(12)16-11-13-4-15-18(11)10(6)17-5-14-7(2)8(17)3/h4-5H,1-3H3. The molecule has 0 saturated heterocycles. The largest absolute Gasteiger partial charge is 0.287 e. The molecular weight excluding hydrogens is 252 g/mol. The summed E-state index contributed by atoms with van der Waals surface area (Å²) in [5.41, 5.74) is 2.85. The topological polar surface area (TPSA) is 60.9 Å². The molecule has 0 amide bonds. The molecule has 3 aromatic heterocycles. The van der Waals surface area contributed by atoms with Gasteiger partial charge in [-0.25, -0.2) is 4.98 Å². The van der Waals surface area contributed by atoms with Gasteiger partial charge in [0.25, 0.3) is 5.78 Å². The zero-order valence-electron chi connectivity index (χ0n) is 10.2. The molecule has 18 heavy (non-hydrogen) atoms. The minimum Gasteiger partial charge on any atom is -0.287 e. The second-order valence-electron chi connectivity index (χ2n) is 4.11. The van der Waals surface area contributed by atoms with E-state index in [9.17, 15) is 0 Å². The Balaban J connectivity index is 2.44. The molecule has 0 atom stereocenters. The number of halogens is 1. The lowest BCUT2D eigenvalue weighted by Gasteiger charge is -2.11. The van der Waals surface area contributed by atoms with E-state index < -0.39 is 0 Å². The zero-order valence-corrected chi connectivity index (χ0v) is 11.0. The lowest BCUT2D eigenvalue weighted by Crippen LogP contribution is -2.09. The first-order valence-electron chi connectivity index (χ1n) is 5.46. The van der Waals surface area contributed by atoms with Gasteiger partial charge in [-0.05, 0) is 20.8 Å². The predicted molar refractivity (Wildman–Crippen MR) is 67.1 cm³/mol. The van der Waals surface area contributed by atoms with Gasteiger partial charge < -0.3 is 0 Å². The molecule has 3 heterocycles. The molecule has 0 spiro atoms. The maximum Gasteiger partial charge on any atom is 0.255 e. The van der Waals surface area contributed by atoms with Gasteiger partial charge in [0, 0.05) is 11.3 Å². The number of aryl methyl sites for hydroxylation is 1. The third-order valence-corrected chi connectivity index (χ3v) is 3.42. The van der Waals surface area contributed by atoms with Crippen LogP contribution in [0.25, 0.3) is 11.6 Å². The summed E-state index contributed by atoms with van der Waals surface area (Å²) in [4.78, 5) is 12.5. The van der Waals surface area contributed by atoms with Gasteiger partial charge in [-0.15, -0.1) is 0 Å². The van der Waals surface area contributed by atoms with Gasteiger partial charge in [0.1, 0.15) is 23.6 Å². The van der Waals surface area contributed by atoms with E-state index in [2.05, 4.69) is 20.1 Å². The molecule has 6 nitrogen and oxygen atoms in total. The molecule has 0 N–H and O–H groups in total. The van der Waals surface area contributed by atoms with Gasteiger partial charge in [-0.2, -0.15) is 19.6 Å². The van der Waals surface area contributed by atoms with Crippen molar-refractivity contribution < 1.29 is 0 Å². The highest BCUT2D eigenvalue weighted by atomic mass is 35.5. The van der Waals surface area contributed by atoms with Gasteiger partial charge in [0.2, 0.25) is 0 Å². The van der Waals surface area contributed by atoms with E-state index in [1.54, 1.807) is 10.8 Å². The average Bonchev–Trinajstić information content (AvgIpc) is 2.91. The van der Waals surface area contributed by atoms with Crippen molar-refractivity contribution in [2.45, 2.75) is 20.8 Å². The van der Waals surface area contributed by atoms with E-state index >= 15 is 0 Å².